The highest BCUT2D eigenvalue weighted by atomic mass is 16.5. The number of rotatable bonds is 6. The molecule has 1 fully saturated rings. The number of ether oxygens (including phenoxy) is 1. The molecule has 19 heavy (non-hydrogen) atoms. The molecule has 0 bridgehead atoms. The van der Waals surface area contributed by atoms with Crippen LogP contribution < -0.4 is 4.74 Å². The van der Waals surface area contributed by atoms with Gasteiger partial charge in [0.15, 0.2) is 0 Å². The third kappa shape index (κ3) is 3.96. The molecule has 1 saturated heterocycles. The monoisotopic (exact) mass is 263 g/mol. The van der Waals surface area contributed by atoms with Crippen molar-refractivity contribution in [1.29, 1.82) is 0 Å². The van der Waals surface area contributed by atoms with E-state index in [1.807, 2.05) is 12.1 Å². The zero-order valence-corrected chi connectivity index (χ0v) is 11.3. The van der Waals surface area contributed by atoms with Gasteiger partial charge in [-0.3, -0.25) is 9.69 Å². The normalized spacial score (nSPS) is 19.5. The molecule has 4 heteroatoms. The minimum absolute atomic E-state index is 0.205. The van der Waals surface area contributed by atoms with E-state index in [9.17, 15) is 4.79 Å². The van der Waals surface area contributed by atoms with Crippen molar-refractivity contribution >= 4 is 5.97 Å². The fraction of sp³-hybridized carbons (Fsp3) is 0.533. The number of likely N-dealkylation sites (tertiary alicyclic amines) is 1. The Kier molecular flexibility index (Phi) is 4.80. The van der Waals surface area contributed by atoms with Crippen molar-refractivity contribution in [3.8, 4) is 5.75 Å². The molecule has 1 aliphatic rings. The van der Waals surface area contributed by atoms with Gasteiger partial charge in [-0.2, -0.15) is 0 Å². The molecule has 1 N–H and O–H groups in total. The third-order valence-electron chi connectivity index (χ3n) is 3.60. The molecule has 1 aromatic rings. The number of carboxylic acid groups (broad SMARTS) is 1. The zero-order chi connectivity index (χ0) is 13.7. The fourth-order valence-electron chi connectivity index (χ4n) is 2.39. The molecule has 1 aliphatic heterocycles. The van der Waals surface area contributed by atoms with Crippen molar-refractivity contribution in [1.82, 2.24) is 4.90 Å². The molecule has 4 nitrogen and oxygen atoms in total. The molecule has 0 spiro atoms. The van der Waals surface area contributed by atoms with E-state index in [0.29, 0.717) is 13.2 Å². The first-order chi connectivity index (χ1) is 9.19. The quantitative estimate of drug-likeness (QED) is 0.853. The fourth-order valence-corrected chi connectivity index (χ4v) is 2.39. The molecule has 2 rings (SSSR count). The number of aryl methyl sites for hydroxylation is 1. The van der Waals surface area contributed by atoms with Gasteiger partial charge in [-0.25, -0.2) is 0 Å². The summed E-state index contributed by atoms with van der Waals surface area (Å²) in [5.41, 5.74) is 1.27. The van der Waals surface area contributed by atoms with Crippen molar-refractivity contribution in [3.63, 3.8) is 0 Å². The van der Waals surface area contributed by atoms with E-state index in [-0.39, 0.29) is 5.92 Å². The lowest BCUT2D eigenvalue weighted by molar-refractivity contribution is -0.141. The van der Waals surface area contributed by atoms with Gasteiger partial charge in [0.1, 0.15) is 12.4 Å². The lowest BCUT2D eigenvalue weighted by Gasteiger charge is -2.15. The predicted molar refractivity (Wildman–Crippen MR) is 73.5 cm³/mol. The number of hydrogen-bond donors (Lipinski definition) is 1. The van der Waals surface area contributed by atoms with Crippen molar-refractivity contribution in [2.24, 2.45) is 5.92 Å². The lowest BCUT2D eigenvalue weighted by atomic mass is 10.1. The SMILES string of the molecule is CCc1cccc(OCCN2CCC(C(=O)O)C2)c1. The molecule has 104 valence electrons. The Morgan fingerprint density at radius 1 is 1.53 bits per heavy atom. The van der Waals surface area contributed by atoms with Crippen LogP contribution in [0, 0.1) is 5.92 Å². The van der Waals surface area contributed by atoms with Gasteiger partial charge in [0, 0.05) is 13.1 Å². The molecule has 0 aromatic heterocycles. The summed E-state index contributed by atoms with van der Waals surface area (Å²) < 4.78 is 5.72. The summed E-state index contributed by atoms with van der Waals surface area (Å²) in [5.74, 6) is 0.0100. The van der Waals surface area contributed by atoms with Crippen molar-refractivity contribution in [2.45, 2.75) is 19.8 Å². The molecular weight excluding hydrogens is 242 g/mol. The van der Waals surface area contributed by atoms with Gasteiger partial charge < -0.3 is 9.84 Å². The van der Waals surface area contributed by atoms with Crippen LogP contribution in [0.5, 0.6) is 5.75 Å². The van der Waals surface area contributed by atoms with Crippen LogP contribution in [-0.2, 0) is 11.2 Å². The lowest BCUT2D eigenvalue weighted by Crippen LogP contribution is -2.27. The van der Waals surface area contributed by atoms with Crippen LogP contribution in [0.4, 0.5) is 0 Å². The number of carbonyl (C=O) groups is 1. The first-order valence-electron chi connectivity index (χ1n) is 6.86. The smallest absolute Gasteiger partial charge is 0.307 e. The first-order valence-corrected chi connectivity index (χ1v) is 6.86. The largest absolute Gasteiger partial charge is 0.492 e. The molecule has 1 heterocycles. The van der Waals surface area contributed by atoms with Gasteiger partial charge in [-0.15, -0.1) is 0 Å². The average Bonchev–Trinajstić information content (AvgIpc) is 2.88. The summed E-state index contributed by atoms with van der Waals surface area (Å²) in [4.78, 5) is 13.0. The number of hydrogen-bond acceptors (Lipinski definition) is 3. The van der Waals surface area contributed by atoms with Gasteiger partial charge in [0.2, 0.25) is 0 Å². The number of benzene rings is 1. The topological polar surface area (TPSA) is 49.8 Å². The Hall–Kier alpha value is -1.55. The summed E-state index contributed by atoms with van der Waals surface area (Å²) in [6.45, 7) is 5.03. The Labute approximate surface area is 114 Å². The molecule has 1 unspecified atom stereocenters. The maximum absolute atomic E-state index is 10.9. The third-order valence-corrected chi connectivity index (χ3v) is 3.60. The van der Waals surface area contributed by atoms with Gasteiger partial charge in [-0.05, 0) is 37.1 Å². The van der Waals surface area contributed by atoms with Crippen molar-refractivity contribution < 1.29 is 14.6 Å². The van der Waals surface area contributed by atoms with Crippen molar-refractivity contribution in [3.05, 3.63) is 29.8 Å². The maximum atomic E-state index is 10.9. The van der Waals surface area contributed by atoms with Gasteiger partial charge in [0.05, 0.1) is 5.92 Å². The Bertz CT molecular complexity index is 433. The van der Waals surface area contributed by atoms with E-state index in [4.69, 9.17) is 9.84 Å². The predicted octanol–water partition coefficient (Wildman–Crippen LogP) is 2.03. The van der Waals surface area contributed by atoms with Gasteiger partial charge in [0.25, 0.3) is 0 Å². The van der Waals surface area contributed by atoms with E-state index in [1.54, 1.807) is 0 Å². The number of carboxylic acids is 1. The van der Waals surface area contributed by atoms with Crippen LogP contribution in [0.2, 0.25) is 0 Å². The minimum atomic E-state index is -0.681. The summed E-state index contributed by atoms with van der Waals surface area (Å²) in [5, 5.41) is 8.93. The Morgan fingerprint density at radius 3 is 3.05 bits per heavy atom. The maximum Gasteiger partial charge on any atom is 0.307 e. The Balaban J connectivity index is 1.73. The van der Waals surface area contributed by atoms with Gasteiger partial charge >= 0.3 is 5.97 Å². The summed E-state index contributed by atoms with van der Waals surface area (Å²) in [6, 6.07) is 8.11. The van der Waals surface area contributed by atoms with Gasteiger partial charge in [-0.1, -0.05) is 19.1 Å². The molecule has 0 saturated carbocycles. The molecule has 1 aromatic carbocycles. The zero-order valence-electron chi connectivity index (χ0n) is 11.3. The number of aliphatic carboxylic acids is 1. The van der Waals surface area contributed by atoms with Crippen LogP contribution in [0.1, 0.15) is 18.9 Å². The Morgan fingerprint density at radius 2 is 2.37 bits per heavy atom. The minimum Gasteiger partial charge on any atom is -0.492 e. The summed E-state index contributed by atoms with van der Waals surface area (Å²) in [7, 11) is 0. The van der Waals surface area contributed by atoms with Crippen LogP contribution in [0.3, 0.4) is 0 Å². The summed E-state index contributed by atoms with van der Waals surface area (Å²) >= 11 is 0. The standard InChI is InChI=1S/C15H21NO3/c1-2-12-4-3-5-14(10-12)19-9-8-16-7-6-13(11-16)15(17)18/h3-5,10,13H,2,6-9,11H2,1H3,(H,17,18). The van der Waals surface area contributed by atoms with Crippen molar-refractivity contribution in [2.75, 3.05) is 26.2 Å². The highest BCUT2D eigenvalue weighted by Gasteiger charge is 2.27. The molecular formula is C15H21NO3. The van der Waals surface area contributed by atoms with Crippen LogP contribution in [0.15, 0.2) is 24.3 Å². The average molecular weight is 263 g/mol. The molecule has 1 atom stereocenters. The van der Waals surface area contributed by atoms with E-state index in [1.165, 1.54) is 5.56 Å². The van der Waals surface area contributed by atoms with E-state index in [2.05, 4.69) is 24.0 Å². The molecule has 0 aliphatic carbocycles. The number of nitrogens with zero attached hydrogens (tertiary/aromatic N) is 1. The van der Waals surface area contributed by atoms with Crippen LogP contribution >= 0.6 is 0 Å². The molecule has 0 amide bonds. The first kappa shape index (κ1) is 13.9. The van der Waals surface area contributed by atoms with Crippen LogP contribution in [-0.4, -0.2) is 42.2 Å². The van der Waals surface area contributed by atoms with Crippen LogP contribution in [0.25, 0.3) is 0 Å². The second kappa shape index (κ2) is 6.57. The van der Waals surface area contributed by atoms with E-state index >= 15 is 0 Å². The molecule has 0 radical (unpaired) electrons. The van der Waals surface area contributed by atoms with E-state index in [0.717, 1.165) is 31.7 Å². The highest BCUT2D eigenvalue weighted by molar-refractivity contribution is 5.70. The summed E-state index contributed by atoms with van der Waals surface area (Å²) in [6.07, 6.45) is 1.75. The second-order valence-corrected chi connectivity index (χ2v) is 4.97. The highest BCUT2D eigenvalue weighted by Crippen LogP contribution is 2.17. The second-order valence-electron chi connectivity index (χ2n) is 4.97. The van der Waals surface area contributed by atoms with E-state index < -0.39 is 5.97 Å².